The molecule has 9 nitrogen and oxygen atoms in total. The summed E-state index contributed by atoms with van der Waals surface area (Å²) in [6.07, 6.45) is 0.787. The van der Waals surface area contributed by atoms with E-state index in [1.54, 1.807) is 18.2 Å². The SMILES string of the molecule is NC(=O)c1c(OCc2ccccc2F)nsc1NC(=O)NCCCN1CCOCC1. The summed E-state index contributed by atoms with van der Waals surface area (Å²) in [6, 6.07) is 5.65. The summed E-state index contributed by atoms with van der Waals surface area (Å²) in [5.41, 5.74) is 5.70. The van der Waals surface area contributed by atoms with Crippen LogP contribution >= 0.6 is 11.5 Å². The quantitative estimate of drug-likeness (QED) is 0.515. The number of carbonyl (C=O) groups excluding carboxylic acids is 2. The monoisotopic (exact) mass is 437 g/mol. The van der Waals surface area contributed by atoms with E-state index in [1.807, 2.05) is 0 Å². The molecule has 1 fully saturated rings. The van der Waals surface area contributed by atoms with Gasteiger partial charge in [-0.1, -0.05) is 18.2 Å². The number of benzene rings is 1. The summed E-state index contributed by atoms with van der Waals surface area (Å²) in [6.45, 7) is 4.47. The number of carbonyl (C=O) groups is 2. The minimum atomic E-state index is -0.796. The normalized spacial score (nSPS) is 14.3. The van der Waals surface area contributed by atoms with Gasteiger partial charge in [-0.3, -0.25) is 15.0 Å². The Kier molecular flexibility index (Phi) is 7.94. The van der Waals surface area contributed by atoms with Gasteiger partial charge >= 0.3 is 6.03 Å². The van der Waals surface area contributed by atoms with Crippen LogP contribution in [0.5, 0.6) is 5.88 Å². The van der Waals surface area contributed by atoms with E-state index >= 15 is 0 Å². The van der Waals surface area contributed by atoms with E-state index in [0.29, 0.717) is 12.1 Å². The van der Waals surface area contributed by atoms with Gasteiger partial charge in [0, 0.05) is 25.2 Å². The average Bonchev–Trinajstić information content (AvgIpc) is 3.14. The van der Waals surface area contributed by atoms with Gasteiger partial charge in [0.15, 0.2) is 0 Å². The molecular weight excluding hydrogens is 413 g/mol. The van der Waals surface area contributed by atoms with E-state index in [1.165, 1.54) is 6.07 Å². The first-order valence-electron chi connectivity index (χ1n) is 9.55. The van der Waals surface area contributed by atoms with E-state index in [-0.39, 0.29) is 23.1 Å². The molecule has 162 valence electrons. The van der Waals surface area contributed by atoms with Crippen molar-refractivity contribution in [3.05, 3.63) is 41.2 Å². The number of aromatic nitrogens is 1. The van der Waals surface area contributed by atoms with Crippen molar-refractivity contribution in [1.29, 1.82) is 0 Å². The van der Waals surface area contributed by atoms with Crippen LogP contribution in [0.15, 0.2) is 24.3 Å². The lowest BCUT2D eigenvalue weighted by molar-refractivity contribution is 0.0375. The number of nitrogens with two attached hydrogens (primary N) is 1. The molecular formula is C19H24FN5O4S. The second-order valence-electron chi connectivity index (χ2n) is 6.62. The predicted octanol–water partition coefficient (Wildman–Crippen LogP) is 1.80. The lowest BCUT2D eigenvalue weighted by Gasteiger charge is -2.26. The molecule has 1 saturated heterocycles. The zero-order valence-corrected chi connectivity index (χ0v) is 17.2. The molecule has 1 aliphatic heterocycles. The first-order valence-corrected chi connectivity index (χ1v) is 10.3. The Bertz CT molecular complexity index is 872. The Labute approximate surface area is 177 Å². The highest BCUT2D eigenvalue weighted by atomic mass is 32.1. The third-order valence-electron chi connectivity index (χ3n) is 4.50. The molecule has 1 aromatic heterocycles. The van der Waals surface area contributed by atoms with E-state index in [4.69, 9.17) is 15.2 Å². The Hall–Kier alpha value is -2.76. The van der Waals surface area contributed by atoms with Gasteiger partial charge in [-0.15, -0.1) is 0 Å². The Morgan fingerprint density at radius 3 is 2.80 bits per heavy atom. The summed E-state index contributed by atoms with van der Waals surface area (Å²) >= 11 is 0.870. The van der Waals surface area contributed by atoms with Gasteiger partial charge in [0.05, 0.1) is 13.2 Å². The Balaban J connectivity index is 1.50. The highest BCUT2D eigenvalue weighted by Crippen LogP contribution is 2.30. The number of nitrogens with zero attached hydrogens (tertiary/aromatic N) is 2. The fourth-order valence-corrected chi connectivity index (χ4v) is 3.65. The van der Waals surface area contributed by atoms with Gasteiger partial charge in [0.25, 0.3) is 5.91 Å². The Morgan fingerprint density at radius 2 is 2.07 bits per heavy atom. The zero-order chi connectivity index (χ0) is 21.3. The molecule has 3 rings (SSSR count). The number of anilines is 1. The number of morpholine rings is 1. The molecule has 11 heteroatoms. The molecule has 4 N–H and O–H groups in total. The maximum absolute atomic E-state index is 13.7. The van der Waals surface area contributed by atoms with Crippen molar-refractivity contribution in [2.24, 2.45) is 5.73 Å². The molecule has 0 bridgehead atoms. The van der Waals surface area contributed by atoms with Crippen LogP contribution in [0.3, 0.4) is 0 Å². The minimum Gasteiger partial charge on any atom is -0.471 e. The molecule has 0 radical (unpaired) electrons. The molecule has 0 unspecified atom stereocenters. The summed E-state index contributed by atoms with van der Waals surface area (Å²) in [5.74, 6) is -1.27. The zero-order valence-electron chi connectivity index (χ0n) is 16.4. The summed E-state index contributed by atoms with van der Waals surface area (Å²) in [7, 11) is 0. The molecule has 3 amide bonds. The van der Waals surface area contributed by atoms with Crippen LogP contribution in [0.25, 0.3) is 0 Å². The molecule has 0 saturated carbocycles. The Morgan fingerprint density at radius 1 is 1.30 bits per heavy atom. The van der Waals surface area contributed by atoms with Crippen LogP contribution in [0.1, 0.15) is 22.3 Å². The van der Waals surface area contributed by atoms with E-state index < -0.39 is 17.8 Å². The van der Waals surface area contributed by atoms with Crippen LogP contribution in [-0.2, 0) is 11.3 Å². The standard InChI is InChI=1S/C19H24FN5O4S/c20-14-5-2-1-4-13(14)12-29-17-15(16(21)26)18(30-24-17)23-19(27)22-6-3-7-25-8-10-28-11-9-25/h1-2,4-5H,3,6-12H2,(H2,21,26)(H2,22,23,27). The van der Waals surface area contributed by atoms with Crippen LogP contribution in [0, 0.1) is 5.82 Å². The van der Waals surface area contributed by atoms with E-state index in [2.05, 4.69) is 19.9 Å². The van der Waals surface area contributed by atoms with Crippen LogP contribution < -0.4 is 21.1 Å². The average molecular weight is 437 g/mol. The van der Waals surface area contributed by atoms with Crippen molar-refractivity contribution in [3.8, 4) is 5.88 Å². The molecule has 0 spiro atoms. The summed E-state index contributed by atoms with van der Waals surface area (Å²) in [5, 5.41) is 5.50. The topological polar surface area (TPSA) is 119 Å². The van der Waals surface area contributed by atoms with Crippen LogP contribution in [0.4, 0.5) is 14.2 Å². The number of amides is 3. The van der Waals surface area contributed by atoms with Crippen molar-refractivity contribution in [1.82, 2.24) is 14.6 Å². The van der Waals surface area contributed by atoms with Crippen molar-refractivity contribution in [2.45, 2.75) is 13.0 Å². The van der Waals surface area contributed by atoms with E-state index in [0.717, 1.165) is 50.8 Å². The van der Waals surface area contributed by atoms with Crippen molar-refractivity contribution >= 4 is 28.5 Å². The summed E-state index contributed by atoms with van der Waals surface area (Å²) in [4.78, 5) is 26.3. The molecule has 1 aromatic carbocycles. The number of rotatable bonds is 9. The highest BCUT2D eigenvalue weighted by Gasteiger charge is 2.22. The highest BCUT2D eigenvalue weighted by molar-refractivity contribution is 7.11. The number of nitrogens with one attached hydrogen (secondary N) is 2. The lowest BCUT2D eigenvalue weighted by atomic mass is 10.2. The van der Waals surface area contributed by atoms with Crippen LogP contribution in [-0.4, -0.2) is 60.6 Å². The smallest absolute Gasteiger partial charge is 0.319 e. The number of halogens is 1. The predicted molar refractivity (Wildman–Crippen MR) is 110 cm³/mol. The molecule has 30 heavy (non-hydrogen) atoms. The van der Waals surface area contributed by atoms with Gasteiger partial charge in [0.1, 0.15) is 23.0 Å². The number of hydrogen-bond acceptors (Lipinski definition) is 7. The maximum Gasteiger partial charge on any atom is 0.319 e. The second-order valence-corrected chi connectivity index (χ2v) is 7.40. The largest absolute Gasteiger partial charge is 0.471 e. The summed E-state index contributed by atoms with van der Waals surface area (Å²) < 4.78 is 28.5. The molecule has 2 aromatic rings. The molecule has 2 heterocycles. The second kappa shape index (κ2) is 10.9. The number of urea groups is 1. The third kappa shape index (κ3) is 6.12. The minimum absolute atomic E-state index is 0.0418. The molecule has 0 atom stereocenters. The molecule has 0 aliphatic carbocycles. The number of hydrogen-bond donors (Lipinski definition) is 3. The van der Waals surface area contributed by atoms with Gasteiger partial charge in [0.2, 0.25) is 5.88 Å². The van der Waals surface area contributed by atoms with Gasteiger partial charge in [-0.25, -0.2) is 9.18 Å². The fraction of sp³-hybridized carbons (Fsp3) is 0.421. The van der Waals surface area contributed by atoms with Crippen molar-refractivity contribution in [2.75, 3.05) is 44.7 Å². The van der Waals surface area contributed by atoms with Gasteiger partial charge < -0.3 is 20.5 Å². The number of primary amides is 1. The van der Waals surface area contributed by atoms with Gasteiger partial charge in [-0.05, 0) is 30.6 Å². The van der Waals surface area contributed by atoms with Crippen molar-refractivity contribution in [3.63, 3.8) is 0 Å². The third-order valence-corrected chi connectivity index (χ3v) is 5.24. The van der Waals surface area contributed by atoms with Gasteiger partial charge in [-0.2, -0.15) is 4.37 Å². The van der Waals surface area contributed by atoms with E-state index in [9.17, 15) is 14.0 Å². The number of ether oxygens (including phenoxy) is 2. The first kappa shape index (κ1) is 21.9. The molecule has 1 aliphatic rings. The van der Waals surface area contributed by atoms with Crippen molar-refractivity contribution < 1.29 is 23.5 Å². The van der Waals surface area contributed by atoms with Crippen LogP contribution in [0.2, 0.25) is 0 Å². The lowest BCUT2D eigenvalue weighted by Crippen LogP contribution is -2.38. The fourth-order valence-electron chi connectivity index (χ4n) is 2.91. The maximum atomic E-state index is 13.7. The first-order chi connectivity index (χ1) is 14.5.